The lowest BCUT2D eigenvalue weighted by atomic mass is 9.32. The zero-order valence-electron chi connectivity index (χ0n) is 33.9. The normalized spacial score (nSPS) is 40.3. The first kappa shape index (κ1) is 38.4. The Labute approximate surface area is 309 Å². The van der Waals surface area contributed by atoms with E-state index in [1.807, 2.05) is 20.8 Å². The summed E-state index contributed by atoms with van der Waals surface area (Å²) in [6, 6.07) is -0.552. The molecule has 0 aromatic carbocycles. The van der Waals surface area contributed by atoms with Gasteiger partial charge in [-0.25, -0.2) is 9.78 Å². The maximum atomic E-state index is 13.6. The molecule has 0 spiro atoms. The molecular weight excluding hydrogens is 635 g/mol. The van der Waals surface area contributed by atoms with E-state index in [1.165, 1.54) is 37.7 Å². The molecule has 1 aromatic heterocycles. The largest absolute Gasteiger partial charge is 0.461 e. The molecule has 0 radical (unpaired) electrons. The van der Waals surface area contributed by atoms with E-state index in [2.05, 4.69) is 71.9 Å². The number of carbonyl (C=O) groups is 2. The predicted octanol–water partition coefficient (Wildman–Crippen LogP) is 9.50. The van der Waals surface area contributed by atoms with Crippen LogP contribution >= 0.6 is 0 Å². The van der Waals surface area contributed by atoms with Crippen molar-refractivity contribution in [3.63, 3.8) is 0 Å². The zero-order chi connectivity index (χ0) is 37.5. The van der Waals surface area contributed by atoms with Crippen molar-refractivity contribution in [2.24, 2.45) is 68.3 Å². The minimum atomic E-state index is -0.552. The Morgan fingerprint density at radius 3 is 2.20 bits per heavy atom. The average Bonchev–Trinajstić information content (AvgIpc) is 3.43. The number of fused-ring (bicyclic) bond motifs is 7. The van der Waals surface area contributed by atoms with Gasteiger partial charge in [-0.05, 0) is 150 Å². The molecule has 0 aliphatic heterocycles. The number of allylic oxidation sites excluding steroid dienone is 1. The summed E-state index contributed by atoms with van der Waals surface area (Å²) in [4.78, 5) is 35.9. The number of nitrogens with two attached hydrogens (primary N) is 1. The van der Waals surface area contributed by atoms with Crippen LogP contribution in [0.3, 0.4) is 0 Å². The van der Waals surface area contributed by atoms with E-state index in [0.717, 1.165) is 43.5 Å². The zero-order valence-corrected chi connectivity index (χ0v) is 33.9. The molecule has 0 unspecified atom stereocenters. The number of aryl methyl sites for hydroxylation is 3. The smallest absolute Gasteiger partial charge is 0.358 e. The van der Waals surface area contributed by atoms with E-state index in [9.17, 15) is 9.59 Å². The molecule has 0 amide bonds. The minimum Gasteiger partial charge on any atom is -0.461 e. The minimum absolute atomic E-state index is 0.0326. The lowest BCUT2D eigenvalue weighted by molar-refractivity contribution is -0.251. The highest BCUT2D eigenvalue weighted by atomic mass is 16.5. The highest BCUT2D eigenvalue weighted by Gasteiger charge is 2.71. The Morgan fingerprint density at radius 2 is 1.53 bits per heavy atom. The number of carbonyl (C=O) groups excluding carboxylic acids is 2. The van der Waals surface area contributed by atoms with Gasteiger partial charge in [-0.2, -0.15) is 0 Å². The molecule has 5 aliphatic carbocycles. The van der Waals surface area contributed by atoms with Gasteiger partial charge in [-0.15, -0.1) is 0 Å². The summed E-state index contributed by atoms with van der Waals surface area (Å²) in [5, 5.41) is 0. The van der Waals surface area contributed by atoms with Gasteiger partial charge in [-0.3, -0.25) is 9.78 Å². The summed E-state index contributed by atoms with van der Waals surface area (Å²) in [5.74, 6) is 2.38. The van der Waals surface area contributed by atoms with Crippen LogP contribution < -0.4 is 5.73 Å². The molecule has 284 valence electrons. The molecule has 5 fully saturated rings. The molecule has 7 heteroatoms. The maximum Gasteiger partial charge on any atom is 0.358 e. The number of nitrogens with zero attached hydrogens (tertiary/aromatic N) is 2. The summed E-state index contributed by atoms with van der Waals surface area (Å²) in [7, 11) is 0. The van der Waals surface area contributed by atoms with Crippen molar-refractivity contribution in [1.29, 1.82) is 0 Å². The van der Waals surface area contributed by atoms with Crippen molar-refractivity contribution in [1.82, 2.24) is 9.97 Å². The van der Waals surface area contributed by atoms with Crippen molar-refractivity contribution in [2.45, 2.75) is 159 Å². The van der Waals surface area contributed by atoms with Crippen molar-refractivity contribution in [3.8, 4) is 0 Å². The van der Waals surface area contributed by atoms with Crippen LogP contribution in [-0.4, -0.2) is 40.7 Å². The van der Waals surface area contributed by atoms with Crippen LogP contribution in [-0.2, 0) is 14.3 Å². The first-order valence-electron chi connectivity index (χ1n) is 20.3. The molecular formula is C44H69N3O4. The fourth-order valence-corrected chi connectivity index (χ4v) is 13.7. The highest BCUT2D eigenvalue weighted by molar-refractivity contribution is 5.88. The van der Waals surface area contributed by atoms with Crippen LogP contribution in [0.5, 0.6) is 0 Å². The van der Waals surface area contributed by atoms with Gasteiger partial charge in [0.25, 0.3) is 0 Å². The van der Waals surface area contributed by atoms with Crippen LogP contribution in [0.1, 0.15) is 154 Å². The van der Waals surface area contributed by atoms with Crippen LogP contribution in [0.4, 0.5) is 0 Å². The Bertz CT molecular complexity index is 1550. The van der Waals surface area contributed by atoms with Crippen LogP contribution in [0.15, 0.2) is 12.2 Å². The third-order valence-electron chi connectivity index (χ3n) is 16.6. The Kier molecular flexibility index (Phi) is 9.98. The van der Waals surface area contributed by atoms with Crippen LogP contribution in [0, 0.1) is 83.4 Å². The van der Waals surface area contributed by atoms with Crippen LogP contribution in [0.25, 0.3) is 0 Å². The molecule has 7 nitrogen and oxygen atoms in total. The fourth-order valence-electron chi connectivity index (χ4n) is 13.7. The summed E-state index contributed by atoms with van der Waals surface area (Å²) in [6.07, 6.45) is 11.9. The average molecular weight is 704 g/mol. The van der Waals surface area contributed by atoms with E-state index in [-0.39, 0.29) is 45.1 Å². The SMILES string of the molecule is C=C(C)[C@@H]1CC[C@]2(COC(=O)c3nc(C)c(C)nc3C)CC[C@]3(C)[C@H](CC[C@@H]4[C@@]5(C)CC[C@H](OC(=O)[C@@H](N)CC(C)C)C(C)(C)[C@@H]5CC[C@]43C)[C@@H]12. The summed E-state index contributed by atoms with van der Waals surface area (Å²) in [6.45, 7) is 29.8. The molecule has 2 N–H and O–H groups in total. The molecule has 5 aliphatic rings. The molecule has 51 heavy (non-hydrogen) atoms. The number of hydrogen-bond acceptors (Lipinski definition) is 7. The number of aromatic nitrogens is 2. The van der Waals surface area contributed by atoms with Crippen molar-refractivity contribution in [2.75, 3.05) is 6.61 Å². The monoisotopic (exact) mass is 704 g/mol. The first-order valence-corrected chi connectivity index (χ1v) is 20.3. The Balaban J connectivity index is 1.25. The summed E-state index contributed by atoms with van der Waals surface area (Å²) in [5.41, 5.74) is 10.6. The number of esters is 2. The van der Waals surface area contributed by atoms with Gasteiger partial charge >= 0.3 is 11.9 Å². The molecule has 6 rings (SSSR count). The van der Waals surface area contributed by atoms with Gasteiger partial charge in [0.1, 0.15) is 12.1 Å². The molecule has 1 heterocycles. The van der Waals surface area contributed by atoms with Gasteiger partial charge < -0.3 is 15.2 Å². The molecule has 0 saturated heterocycles. The molecule has 11 atom stereocenters. The van der Waals surface area contributed by atoms with Crippen LogP contribution in [0.2, 0.25) is 0 Å². The molecule has 5 saturated carbocycles. The number of rotatable bonds is 8. The second-order valence-corrected chi connectivity index (χ2v) is 20.0. The third kappa shape index (κ3) is 6.02. The van der Waals surface area contributed by atoms with Crippen molar-refractivity contribution in [3.05, 3.63) is 34.9 Å². The second-order valence-electron chi connectivity index (χ2n) is 20.0. The summed E-state index contributed by atoms with van der Waals surface area (Å²) >= 11 is 0. The van der Waals surface area contributed by atoms with Gasteiger partial charge in [-0.1, -0.05) is 60.6 Å². The van der Waals surface area contributed by atoms with E-state index in [1.54, 1.807) is 0 Å². The second kappa shape index (κ2) is 13.2. The highest BCUT2D eigenvalue weighted by Crippen LogP contribution is 2.77. The number of ether oxygens (including phenoxy) is 2. The van der Waals surface area contributed by atoms with E-state index < -0.39 is 6.04 Å². The van der Waals surface area contributed by atoms with Gasteiger partial charge in [0.2, 0.25) is 0 Å². The van der Waals surface area contributed by atoms with Gasteiger partial charge in [0.05, 0.1) is 23.7 Å². The van der Waals surface area contributed by atoms with E-state index >= 15 is 0 Å². The molecule has 1 aromatic rings. The number of hydrogen-bond donors (Lipinski definition) is 1. The summed E-state index contributed by atoms with van der Waals surface area (Å²) < 4.78 is 12.6. The standard InChI is InChI=1S/C44H69N3O4/c1-25(2)23-32(45)38(48)51-35-17-18-41(10)33(40(35,8)9)16-19-43(12)34(41)14-13-31-36-30(26(3)4)15-20-44(36,22-21-42(31,43)11)24-50-39(49)37-29(7)46-27(5)28(6)47-37/h25,30-36H,3,13-24,45H2,1-2,4-12H3/t30-,31+,32-,33-,34+,35-,36+,41-,42+,43+,44+/m0/s1. The predicted molar refractivity (Wildman–Crippen MR) is 203 cm³/mol. The fraction of sp³-hybridized carbons (Fsp3) is 0.818. The maximum absolute atomic E-state index is 13.6. The first-order chi connectivity index (χ1) is 23.7. The van der Waals surface area contributed by atoms with Gasteiger partial charge in [0.15, 0.2) is 5.69 Å². The topological polar surface area (TPSA) is 104 Å². The Morgan fingerprint density at radius 1 is 0.843 bits per heavy atom. The Hall–Kier alpha value is -2.28. The lowest BCUT2D eigenvalue weighted by Crippen LogP contribution is -2.67. The van der Waals surface area contributed by atoms with Crippen molar-refractivity contribution < 1.29 is 19.1 Å². The quantitative estimate of drug-likeness (QED) is 0.212. The van der Waals surface area contributed by atoms with Crippen molar-refractivity contribution >= 4 is 11.9 Å². The van der Waals surface area contributed by atoms with Gasteiger partial charge in [0, 0.05) is 10.8 Å². The lowest BCUT2D eigenvalue weighted by Gasteiger charge is -2.73. The molecule has 0 bridgehead atoms. The van der Waals surface area contributed by atoms with E-state index in [4.69, 9.17) is 15.2 Å². The third-order valence-corrected chi connectivity index (χ3v) is 16.6. The van der Waals surface area contributed by atoms with E-state index in [0.29, 0.717) is 59.9 Å².